The topological polar surface area (TPSA) is 126 Å². The molecule has 5 fully saturated rings. The van der Waals surface area contributed by atoms with Gasteiger partial charge in [-0.1, -0.05) is 24.6 Å². The van der Waals surface area contributed by atoms with Crippen LogP contribution in [-0.2, 0) is 24.8 Å². The van der Waals surface area contributed by atoms with Crippen molar-refractivity contribution in [3.8, 4) is 0 Å². The summed E-state index contributed by atoms with van der Waals surface area (Å²) in [4.78, 5) is 35.5. The number of likely N-dealkylation sites (N-methyl/N-ethyl adjacent to an activating group) is 1. The SMILES string of the molecule is CN(C)C/C=C/C(=O)N1CC(S(=O)(=O)c2ccc(N3CC(CN4CCC(C(CN5CCOCC5)(c5cccc(F)c5)[C@H]5CCC[C@@H]5NC(=O)O)CC4)C3)cc2)C1. The molecule has 3 atom stereocenters. The second kappa shape index (κ2) is 17.5. The number of benzene rings is 2. The van der Waals surface area contributed by atoms with Crippen LogP contribution in [0.4, 0.5) is 14.9 Å². The number of morpholine rings is 1. The first-order valence-corrected chi connectivity index (χ1v) is 21.9. The van der Waals surface area contributed by atoms with Gasteiger partial charge in [-0.15, -0.1) is 0 Å². The Morgan fingerprint density at radius 3 is 2.34 bits per heavy atom. The van der Waals surface area contributed by atoms with Crippen LogP contribution in [-0.4, -0.2) is 156 Å². The molecular formula is C42H59FN6O6S. The number of likely N-dealkylation sites (tertiary alicyclic amines) is 2. The highest BCUT2D eigenvalue weighted by atomic mass is 32.2. The normalized spacial score (nSPS) is 24.6. The molecule has 2 aromatic carbocycles. The Balaban J connectivity index is 0.955. The van der Waals surface area contributed by atoms with Crippen molar-refractivity contribution in [3.05, 3.63) is 72.1 Å². The number of rotatable bonds is 14. The molecule has 2 aromatic rings. The van der Waals surface area contributed by atoms with Gasteiger partial charge in [-0.05, 0) is 107 Å². The highest BCUT2D eigenvalue weighted by Crippen LogP contribution is 2.51. The third-order valence-electron chi connectivity index (χ3n) is 13.1. The van der Waals surface area contributed by atoms with Gasteiger partial charge in [-0.2, -0.15) is 0 Å². The molecule has 56 heavy (non-hydrogen) atoms. The van der Waals surface area contributed by atoms with Crippen molar-refractivity contribution >= 4 is 27.5 Å². The van der Waals surface area contributed by atoms with Crippen molar-refractivity contribution in [2.75, 3.05) is 104 Å². The maximum Gasteiger partial charge on any atom is 0.404 e. The number of ether oxygens (including phenoxy) is 1. The summed E-state index contributed by atoms with van der Waals surface area (Å²) in [6.07, 6.45) is 6.89. The molecule has 4 aliphatic heterocycles. The zero-order valence-electron chi connectivity index (χ0n) is 32.9. The number of piperidine rings is 1. The van der Waals surface area contributed by atoms with E-state index in [-0.39, 0.29) is 42.7 Å². The molecule has 2 N–H and O–H groups in total. The molecule has 4 heterocycles. The van der Waals surface area contributed by atoms with E-state index in [4.69, 9.17) is 4.74 Å². The van der Waals surface area contributed by atoms with Crippen LogP contribution in [0.25, 0.3) is 0 Å². The summed E-state index contributed by atoms with van der Waals surface area (Å²) in [5.74, 6) is 0.430. The number of carboxylic acid groups (broad SMARTS) is 1. The van der Waals surface area contributed by atoms with Gasteiger partial charge in [0, 0.05) is 88.0 Å². The molecule has 0 bridgehead atoms. The van der Waals surface area contributed by atoms with E-state index in [1.54, 1.807) is 29.2 Å². The van der Waals surface area contributed by atoms with Crippen LogP contribution in [0.3, 0.4) is 0 Å². The molecule has 306 valence electrons. The number of anilines is 1. The number of nitrogens with zero attached hydrogens (tertiary/aromatic N) is 5. The quantitative estimate of drug-likeness (QED) is 0.273. The number of hydrogen-bond donors (Lipinski definition) is 2. The standard InChI is InChI=1S/C42H59FN6O6S/c1-45(2)17-5-10-40(50)49-28-37(29-49)56(53,54)36-13-11-35(12-14-36)48-26-31(27-48)25-46-18-15-32(16-19-46)42(30-47-20-22-55-23-21-47,33-6-3-7-34(43)24-33)38-8-4-9-39(38)44-41(51)52/h3,5-7,10-14,24,31-32,37-39,44H,4,8-9,15-23,25-30H2,1-2H3,(H,51,52)/b10-5+/t38-,39-,42?/m0/s1. The van der Waals surface area contributed by atoms with Crippen molar-refractivity contribution in [3.63, 3.8) is 0 Å². The Morgan fingerprint density at radius 2 is 1.68 bits per heavy atom. The summed E-state index contributed by atoms with van der Waals surface area (Å²) in [7, 11) is 0.315. The van der Waals surface area contributed by atoms with Gasteiger partial charge < -0.3 is 34.8 Å². The van der Waals surface area contributed by atoms with E-state index in [9.17, 15) is 23.1 Å². The number of halogens is 1. The van der Waals surface area contributed by atoms with Crippen molar-refractivity contribution < 1.29 is 32.2 Å². The first-order chi connectivity index (χ1) is 26.9. The Labute approximate surface area is 331 Å². The van der Waals surface area contributed by atoms with Gasteiger partial charge in [0.1, 0.15) is 11.1 Å². The van der Waals surface area contributed by atoms with E-state index in [1.807, 2.05) is 37.2 Å². The average molecular weight is 795 g/mol. The third-order valence-corrected chi connectivity index (χ3v) is 15.2. The molecule has 2 amide bonds. The number of nitrogens with one attached hydrogen (secondary N) is 1. The minimum atomic E-state index is -3.53. The van der Waals surface area contributed by atoms with Gasteiger partial charge in [0.2, 0.25) is 5.91 Å². The summed E-state index contributed by atoms with van der Waals surface area (Å²) < 4.78 is 47.4. The van der Waals surface area contributed by atoms with E-state index in [1.165, 1.54) is 12.1 Å². The zero-order chi connectivity index (χ0) is 39.5. The van der Waals surface area contributed by atoms with E-state index in [0.29, 0.717) is 30.6 Å². The highest BCUT2D eigenvalue weighted by Gasteiger charge is 2.53. The highest BCUT2D eigenvalue weighted by molar-refractivity contribution is 7.92. The number of amides is 2. The number of hydrogen-bond acceptors (Lipinski definition) is 9. The fourth-order valence-electron chi connectivity index (χ4n) is 10.1. The molecule has 5 aliphatic rings. The fraction of sp³-hybridized carbons (Fsp3) is 0.619. The van der Waals surface area contributed by atoms with E-state index in [0.717, 1.165) is 95.7 Å². The monoisotopic (exact) mass is 794 g/mol. The second-order valence-electron chi connectivity index (χ2n) is 16.9. The van der Waals surface area contributed by atoms with Crippen LogP contribution in [0, 0.1) is 23.6 Å². The molecule has 1 unspecified atom stereocenters. The van der Waals surface area contributed by atoms with Crippen LogP contribution in [0.2, 0.25) is 0 Å². The first kappa shape index (κ1) is 40.6. The number of carbonyl (C=O) groups excluding carboxylic acids is 1. The lowest BCUT2D eigenvalue weighted by Gasteiger charge is -2.53. The summed E-state index contributed by atoms with van der Waals surface area (Å²) in [6.45, 7) is 9.47. The largest absolute Gasteiger partial charge is 0.465 e. The van der Waals surface area contributed by atoms with Gasteiger partial charge in [0.05, 0.1) is 18.1 Å². The molecule has 0 radical (unpaired) electrons. The summed E-state index contributed by atoms with van der Waals surface area (Å²) >= 11 is 0. The molecule has 12 nitrogen and oxygen atoms in total. The van der Waals surface area contributed by atoms with Crippen LogP contribution >= 0.6 is 0 Å². The predicted octanol–water partition coefficient (Wildman–Crippen LogP) is 3.78. The van der Waals surface area contributed by atoms with Crippen LogP contribution < -0.4 is 10.2 Å². The van der Waals surface area contributed by atoms with E-state index < -0.39 is 26.6 Å². The Hall–Kier alpha value is -3.56. The maximum atomic E-state index is 15.1. The fourth-order valence-corrected chi connectivity index (χ4v) is 11.8. The van der Waals surface area contributed by atoms with Crippen molar-refractivity contribution in [1.29, 1.82) is 0 Å². The molecule has 1 aliphatic carbocycles. The number of sulfone groups is 1. The first-order valence-electron chi connectivity index (χ1n) is 20.4. The van der Waals surface area contributed by atoms with Gasteiger partial charge in [-0.3, -0.25) is 9.69 Å². The predicted molar refractivity (Wildman–Crippen MR) is 214 cm³/mol. The molecule has 14 heteroatoms. The number of carbonyl (C=O) groups is 2. The van der Waals surface area contributed by atoms with Gasteiger partial charge in [0.25, 0.3) is 0 Å². The van der Waals surface area contributed by atoms with Gasteiger partial charge >= 0.3 is 6.09 Å². The smallest absolute Gasteiger partial charge is 0.404 e. The maximum absolute atomic E-state index is 15.1. The zero-order valence-corrected chi connectivity index (χ0v) is 33.7. The molecule has 1 saturated carbocycles. The van der Waals surface area contributed by atoms with Crippen LogP contribution in [0.1, 0.15) is 37.7 Å². The van der Waals surface area contributed by atoms with Crippen LogP contribution in [0.5, 0.6) is 0 Å². The lowest BCUT2D eigenvalue weighted by Crippen LogP contribution is -2.59. The Bertz CT molecular complexity index is 1800. The Kier molecular flexibility index (Phi) is 12.7. The molecule has 4 saturated heterocycles. The van der Waals surface area contributed by atoms with Crippen molar-refractivity contribution in [1.82, 2.24) is 24.9 Å². The van der Waals surface area contributed by atoms with E-state index in [2.05, 4.69) is 26.1 Å². The van der Waals surface area contributed by atoms with Crippen molar-refractivity contribution in [2.45, 2.75) is 53.7 Å². The minimum Gasteiger partial charge on any atom is -0.465 e. The van der Waals surface area contributed by atoms with E-state index >= 15 is 4.39 Å². The minimum absolute atomic E-state index is 0.0643. The molecule has 7 rings (SSSR count). The summed E-state index contributed by atoms with van der Waals surface area (Å²) in [6, 6.07) is 14.1. The molecule has 0 aromatic heterocycles. The molecular weight excluding hydrogens is 736 g/mol. The van der Waals surface area contributed by atoms with Crippen molar-refractivity contribution in [2.24, 2.45) is 17.8 Å². The van der Waals surface area contributed by atoms with Crippen LogP contribution in [0.15, 0.2) is 65.6 Å². The Morgan fingerprint density at radius 1 is 0.964 bits per heavy atom. The lowest BCUT2D eigenvalue weighted by molar-refractivity contribution is -0.129. The molecule has 0 spiro atoms. The lowest BCUT2D eigenvalue weighted by atomic mass is 9.58. The average Bonchev–Trinajstić information content (AvgIpc) is 3.59. The van der Waals surface area contributed by atoms with Gasteiger partial charge in [-0.25, -0.2) is 17.6 Å². The third kappa shape index (κ3) is 8.94. The second-order valence-corrected chi connectivity index (χ2v) is 19.2. The summed E-state index contributed by atoms with van der Waals surface area (Å²) in [5.41, 5.74) is 1.61. The van der Waals surface area contributed by atoms with Gasteiger partial charge in [0.15, 0.2) is 9.84 Å². The summed E-state index contributed by atoms with van der Waals surface area (Å²) in [5, 5.41) is 12.1.